The molecule has 6 heteroatoms. The van der Waals surface area contributed by atoms with Crippen LogP contribution in [0.1, 0.15) is 12.8 Å². The van der Waals surface area contributed by atoms with Crippen molar-refractivity contribution in [3.8, 4) is 0 Å². The average molecular weight is 254 g/mol. The summed E-state index contributed by atoms with van der Waals surface area (Å²) in [7, 11) is -3.18. The van der Waals surface area contributed by atoms with Crippen molar-refractivity contribution < 1.29 is 8.42 Å². The molecular formula is C8H12ClNO2S2. The van der Waals surface area contributed by atoms with Crippen LogP contribution >= 0.6 is 22.9 Å². The zero-order chi connectivity index (χ0) is 10.4. The molecule has 0 aromatic carbocycles. The minimum absolute atomic E-state index is 0.134. The third kappa shape index (κ3) is 4.30. The summed E-state index contributed by atoms with van der Waals surface area (Å²) >= 11 is 6.92. The summed E-state index contributed by atoms with van der Waals surface area (Å²) in [6.07, 6.45) is 1.33. The Labute approximate surface area is 93.1 Å². The van der Waals surface area contributed by atoms with Crippen LogP contribution in [-0.4, -0.2) is 20.1 Å². The van der Waals surface area contributed by atoms with E-state index in [2.05, 4.69) is 4.72 Å². The molecule has 14 heavy (non-hydrogen) atoms. The van der Waals surface area contributed by atoms with Gasteiger partial charge in [-0.25, -0.2) is 8.42 Å². The average Bonchev–Trinajstić information content (AvgIpc) is 2.56. The van der Waals surface area contributed by atoms with E-state index in [-0.39, 0.29) is 5.75 Å². The predicted octanol–water partition coefficient (Wildman–Crippen LogP) is 2.51. The first-order valence-corrected chi connectivity index (χ1v) is 7.36. The van der Waals surface area contributed by atoms with Crippen LogP contribution in [-0.2, 0) is 10.0 Å². The van der Waals surface area contributed by atoms with Gasteiger partial charge in [-0.15, -0.1) is 11.6 Å². The SMILES string of the molecule is O=S(=O)(CCCCCl)Nc1ccsc1. The van der Waals surface area contributed by atoms with Gasteiger partial charge in [0.25, 0.3) is 0 Å². The monoisotopic (exact) mass is 253 g/mol. The maximum Gasteiger partial charge on any atom is 0.232 e. The molecule has 1 heterocycles. The van der Waals surface area contributed by atoms with Crippen LogP contribution in [0.4, 0.5) is 5.69 Å². The summed E-state index contributed by atoms with van der Waals surface area (Å²) in [5, 5.41) is 3.59. The van der Waals surface area contributed by atoms with Crippen LogP contribution in [0.25, 0.3) is 0 Å². The first-order chi connectivity index (χ1) is 6.64. The van der Waals surface area contributed by atoms with Gasteiger partial charge in [-0.05, 0) is 24.3 Å². The van der Waals surface area contributed by atoms with Gasteiger partial charge in [-0.2, -0.15) is 11.3 Å². The number of sulfonamides is 1. The number of halogens is 1. The van der Waals surface area contributed by atoms with Crippen molar-refractivity contribution in [2.75, 3.05) is 16.4 Å². The Morgan fingerprint density at radius 1 is 1.43 bits per heavy atom. The molecule has 0 aliphatic rings. The highest BCUT2D eigenvalue weighted by atomic mass is 35.5. The zero-order valence-electron chi connectivity index (χ0n) is 7.57. The molecule has 0 amide bonds. The van der Waals surface area contributed by atoms with E-state index in [9.17, 15) is 8.42 Å². The van der Waals surface area contributed by atoms with E-state index in [0.29, 0.717) is 18.0 Å². The lowest BCUT2D eigenvalue weighted by molar-refractivity contribution is 0.598. The molecule has 0 aliphatic heterocycles. The van der Waals surface area contributed by atoms with Crippen LogP contribution in [0, 0.1) is 0 Å². The van der Waals surface area contributed by atoms with Gasteiger partial charge in [0, 0.05) is 11.3 Å². The molecule has 0 fully saturated rings. The third-order valence-electron chi connectivity index (χ3n) is 1.59. The number of nitrogens with one attached hydrogen (secondary N) is 1. The Morgan fingerprint density at radius 2 is 2.21 bits per heavy atom. The summed E-state index contributed by atoms with van der Waals surface area (Å²) in [5.41, 5.74) is 0.640. The van der Waals surface area contributed by atoms with Gasteiger partial charge in [0.2, 0.25) is 10.0 Å². The quantitative estimate of drug-likeness (QED) is 0.626. The normalized spacial score (nSPS) is 11.5. The van der Waals surface area contributed by atoms with Crippen molar-refractivity contribution in [2.45, 2.75) is 12.8 Å². The van der Waals surface area contributed by atoms with Crippen molar-refractivity contribution in [1.82, 2.24) is 0 Å². The van der Waals surface area contributed by atoms with E-state index in [1.807, 2.05) is 5.38 Å². The maximum atomic E-state index is 11.4. The Hall–Kier alpha value is -0.260. The largest absolute Gasteiger partial charge is 0.283 e. The molecule has 0 aliphatic carbocycles. The van der Waals surface area contributed by atoms with Crippen molar-refractivity contribution in [3.63, 3.8) is 0 Å². The number of rotatable bonds is 6. The molecule has 1 N–H and O–H groups in total. The molecule has 80 valence electrons. The molecule has 0 unspecified atom stereocenters. The van der Waals surface area contributed by atoms with E-state index in [1.54, 1.807) is 11.4 Å². The Morgan fingerprint density at radius 3 is 2.79 bits per heavy atom. The first-order valence-electron chi connectivity index (χ1n) is 4.23. The van der Waals surface area contributed by atoms with E-state index < -0.39 is 10.0 Å². The minimum Gasteiger partial charge on any atom is -0.283 e. The fourth-order valence-corrected chi connectivity index (χ4v) is 2.96. The van der Waals surface area contributed by atoms with Crippen molar-refractivity contribution in [1.29, 1.82) is 0 Å². The predicted molar refractivity (Wildman–Crippen MR) is 61.7 cm³/mol. The van der Waals surface area contributed by atoms with Gasteiger partial charge in [0.15, 0.2) is 0 Å². The highest BCUT2D eigenvalue weighted by molar-refractivity contribution is 7.92. The lowest BCUT2D eigenvalue weighted by atomic mass is 10.4. The topological polar surface area (TPSA) is 46.2 Å². The van der Waals surface area contributed by atoms with Crippen molar-refractivity contribution in [3.05, 3.63) is 16.8 Å². The number of alkyl halides is 1. The molecule has 0 atom stereocenters. The third-order valence-corrected chi connectivity index (χ3v) is 3.91. The van der Waals surface area contributed by atoms with Crippen LogP contribution in [0.5, 0.6) is 0 Å². The fraction of sp³-hybridized carbons (Fsp3) is 0.500. The van der Waals surface area contributed by atoms with Crippen molar-refractivity contribution in [2.24, 2.45) is 0 Å². The standard InChI is InChI=1S/C8H12ClNO2S2/c9-4-1-2-6-14(11,12)10-8-3-5-13-7-8/h3,5,7,10H,1-2,4,6H2. The van der Waals surface area contributed by atoms with Crippen molar-refractivity contribution >= 4 is 38.6 Å². The Bertz CT molecular complexity index is 347. The van der Waals surface area contributed by atoms with Gasteiger partial charge in [0.1, 0.15) is 0 Å². The number of anilines is 1. The molecule has 1 aromatic heterocycles. The molecular weight excluding hydrogens is 242 g/mol. The van der Waals surface area contributed by atoms with Crippen LogP contribution in [0.15, 0.2) is 16.8 Å². The van der Waals surface area contributed by atoms with Crippen LogP contribution in [0.2, 0.25) is 0 Å². The smallest absolute Gasteiger partial charge is 0.232 e. The van der Waals surface area contributed by atoms with Gasteiger partial charge in [-0.3, -0.25) is 4.72 Å². The molecule has 0 radical (unpaired) electrons. The van der Waals surface area contributed by atoms with E-state index in [0.717, 1.165) is 6.42 Å². The van der Waals surface area contributed by atoms with Gasteiger partial charge in [0.05, 0.1) is 11.4 Å². The minimum atomic E-state index is -3.18. The Balaban J connectivity index is 2.42. The zero-order valence-corrected chi connectivity index (χ0v) is 9.96. The maximum absolute atomic E-state index is 11.4. The van der Waals surface area contributed by atoms with Gasteiger partial charge >= 0.3 is 0 Å². The lowest BCUT2D eigenvalue weighted by Crippen LogP contribution is -2.16. The summed E-state index contributed by atoms with van der Waals surface area (Å²) in [6, 6.07) is 1.74. The summed E-state index contributed by atoms with van der Waals surface area (Å²) in [6.45, 7) is 0. The lowest BCUT2D eigenvalue weighted by Gasteiger charge is -2.04. The van der Waals surface area contributed by atoms with E-state index >= 15 is 0 Å². The Kier molecular flexibility index (Phi) is 4.71. The molecule has 0 spiro atoms. The summed E-state index contributed by atoms with van der Waals surface area (Å²) < 4.78 is 25.3. The van der Waals surface area contributed by atoms with Crippen LogP contribution < -0.4 is 4.72 Å². The second kappa shape index (κ2) is 5.58. The fourth-order valence-electron chi connectivity index (χ4n) is 0.940. The highest BCUT2D eigenvalue weighted by Gasteiger charge is 2.09. The highest BCUT2D eigenvalue weighted by Crippen LogP contribution is 2.14. The number of hydrogen-bond acceptors (Lipinski definition) is 3. The summed E-state index contributed by atoms with van der Waals surface area (Å²) in [5.74, 6) is 0.642. The molecule has 0 saturated carbocycles. The molecule has 0 saturated heterocycles. The molecule has 1 aromatic rings. The first kappa shape index (κ1) is 11.8. The number of thiophene rings is 1. The second-order valence-corrected chi connectivity index (χ2v) is 5.83. The van der Waals surface area contributed by atoms with E-state index in [4.69, 9.17) is 11.6 Å². The van der Waals surface area contributed by atoms with E-state index in [1.165, 1.54) is 11.3 Å². The van der Waals surface area contributed by atoms with Crippen LogP contribution in [0.3, 0.4) is 0 Å². The summed E-state index contributed by atoms with van der Waals surface area (Å²) in [4.78, 5) is 0. The molecule has 3 nitrogen and oxygen atoms in total. The molecule has 0 bridgehead atoms. The second-order valence-electron chi connectivity index (χ2n) is 2.83. The number of unbranched alkanes of at least 4 members (excludes halogenated alkanes) is 1. The number of hydrogen-bond donors (Lipinski definition) is 1. The van der Waals surface area contributed by atoms with Gasteiger partial charge < -0.3 is 0 Å². The van der Waals surface area contributed by atoms with Gasteiger partial charge in [-0.1, -0.05) is 0 Å². The molecule has 1 rings (SSSR count).